The van der Waals surface area contributed by atoms with Crippen molar-refractivity contribution in [2.45, 2.75) is 144 Å². The number of allylic oxidation sites excluding steroid dienone is 1. The van der Waals surface area contributed by atoms with Crippen LogP contribution in [0.5, 0.6) is 0 Å². The maximum absolute atomic E-state index is 15.5. The highest BCUT2D eigenvalue weighted by atomic mass is 16.5. The molecule has 7 unspecified atom stereocenters. The van der Waals surface area contributed by atoms with Gasteiger partial charge in [0.25, 0.3) is 0 Å². The van der Waals surface area contributed by atoms with Crippen LogP contribution < -0.4 is 0 Å². The summed E-state index contributed by atoms with van der Waals surface area (Å²) in [6, 6.07) is 8.63. The number of likely N-dealkylation sites (tertiary alicyclic amines) is 1. The molecule has 1 aliphatic heterocycles. The number of aryl methyl sites for hydroxylation is 1. The number of H-pyrrole nitrogens is 1. The number of hydrogen-bond acceptors (Lipinski definition) is 4. The number of esters is 1. The smallest absolute Gasteiger partial charge is 0.302 e. The van der Waals surface area contributed by atoms with E-state index in [0.29, 0.717) is 35.5 Å². The lowest BCUT2D eigenvalue weighted by Crippen LogP contribution is -2.68. The van der Waals surface area contributed by atoms with E-state index in [2.05, 4.69) is 82.3 Å². The van der Waals surface area contributed by atoms with Crippen molar-refractivity contribution < 1.29 is 14.3 Å². The normalized spacial score (nSPS) is 47.8. The molecular weight excluding hydrogens is 679 g/mol. The third-order valence-corrected chi connectivity index (χ3v) is 19.6. The number of carbonyl (C=O) groups excluding carboxylic acids is 2. The second kappa shape index (κ2) is 12.1. The third kappa shape index (κ3) is 4.87. The second-order valence-electron chi connectivity index (χ2n) is 21.6. The molecule has 1 saturated heterocycles. The second-order valence-corrected chi connectivity index (χ2v) is 21.6. The van der Waals surface area contributed by atoms with E-state index in [1.54, 1.807) is 6.92 Å². The molecule has 0 radical (unpaired) electrons. The maximum Gasteiger partial charge on any atom is 0.302 e. The number of aromatic nitrogens is 2. The standard InChI is InChI=1S/C49H67N3O3/c1-28(2)32-17-22-49(44(54)52-25-9-10-37(52)43-50-27-36(51-43)31-13-11-29(3)12-14-31)24-23-46(6)35(42(32)49)15-16-38-45(5)20-19-40(55-30(4)53)48(8,41-33-26-34(33)41)39(45)18-21-47(38,46)7/h11-14,27,32-35,37-42H,1,9-10,15-26H2,2-8H3,(H,50,51)/t32-,33?,34?,35+,37?,38?,39?,40-,41?,42?,45+,46+,47+,48?,49-/m0/s1. The Labute approximate surface area is 330 Å². The molecule has 1 N–H and O–H groups in total. The number of ether oxygens (including phenoxy) is 1. The van der Waals surface area contributed by atoms with Crippen LogP contribution in [0.4, 0.5) is 0 Å². The van der Waals surface area contributed by atoms with Gasteiger partial charge in [0.2, 0.25) is 5.91 Å². The van der Waals surface area contributed by atoms with E-state index in [4.69, 9.17) is 9.72 Å². The lowest BCUT2D eigenvalue weighted by atomic mass is 9.31. The Morgan fingerprint density at radius 2 is 1.62 bits per heavy atom. The summed E-state index contributed by atoms with van der Waals surface area (Å²) in [6.07, 6.45) is 16.9. The Balaban J connectivity index is 0.959. The molecule has 0 bridgehead atoms. The first kappa shape index (κ1) is 36.5. The minimum Gasteiger partial charge on any atom is -0.462 e. The quantitative estimate of drug-likeness (QED) is 0.236. The first-order chi connectivity index (χ1) is 26.2. The number of aromatic amines is 1. The van der Waals surface area contributed by atoms with Gasteiger partial charge < -0.3 is 14.6 Å². The molecule has 7 aliphatic carbocycles. The predicted octanol–water partition coefficient (Wildman–Crippen LogP) is 10.9. The zero-order chi connectivity index (χ0) is 38.4. The fourth-order valence-electron chi connectivity index (χ4n) is 16.7. The van der Waals surface area contributed by atoms with Crippen molar-refractivity contribution in [3.63, 3.8) is 0 Å². The molecule has 6 heteroatoms. The average Bonchev–Trinajstić information content (AvgIpc) is 3.79. The molecule has 8 aliphatic rings. The summed E-state index contributed by atoms with van der Waals surface area (Å²) in [4.78, 5) is 38.9. The molecule has 1 aromatic carbocycles. The van der Waals surface area contributed by atoms with Crippen LogP contribution >= 0.6 is 0 Å². The maximum atomic E-state index is 15.5. The number of nitrogens with one attached hydrogen (secondary N) is 1. The van der Waals surface area contributed by atoms with E-state index >= 15 is 4.79 Å². The van der Waals surface area contributed by atoms with E-state index in [-0.39, 0.29) is 45.2 Å². The summed E-state index contributed by atoms with van der Waals surface area (Å²) in [7, 11) is 0. The highest BCUT2D eigenvalue weighted by molar-refractivity contribution is 5.84. The molecule has 1 amide bonds. The van der Waals surface area contributed by atoms with Gasteiger partial charge in [-0.2, -0.15) is 0 Å². The molecule has 55 heavy (non-hydrogen) atoms. The fourth-order valence-corrected chi connectivity index (χ4v) is 16.7. The Bertz CT molecular complexity index is 1910. The zero-order valence-corrected chi connectivity index (χ0v) is 34.9. The summed E-state index contributed by atoms with van der Waals surface area (Å²) in [6.45, 7) is 22.1. The first-order valence-corrected chi connectivity index (χ1v) is 22.4. The van der Waals surface area contributed by atoms with Crippen molar-refractivity contribution in [3.8, 4) is 11.3 Å². The molecule has 2 heterocycles. The van der Waals surface area contributed by atoms with Gasteiger partial charge in [-0.05, 0) is 166 Å². The highest BCUT2D eigenvalue weighted by Crippen LogP contribution is 2.83. The monoisotopic (exact) mass is 746 g/mol. The molecule has 7 saturated carbocycles. The number of amides is 1. The van der Waals surface area contributed by atoms with Crippen molar-refractivity contribution in [2.75, 3.05) is 6.54 Å². The highest BCUT2D eigenvalue weighted by Gasteiger charge is 2.78. The zero-order valence-electron chi connectivity index (χ0n) is 34.9. The van der Waals surface area contributed by atoms with E-state index in [0.717, 1.165) is 86.3 Å². The van der Waals surface area contributed by atoms with Crippen molar-refractivity contribution in [1.29, 1.82) is 0 Å². The molecule has 0 spiro atoms. The number of carbonyl (C=O) groups is 2. The van der Waals surface area contributed by atoms with Crippen LogP contribution in [0.15, 0.2) is 42.6 Å². The molecule has 296 valence electrons. The topological polar surface area (TPSA) is 75.3 Å². The van der Waals surface area contributed by atoms with Gasteiger partial charge >= 0.3 is 5.97 Å². The SMILES string of the molecule is C=C(C)[C@@H]1CC[C@]2(C(=O)N3CCCC3c3ncc(-c4ccc(C)cc4)[nH]3)CC[C@]3(C)[C@H](CCC4[C@@]5(C)CC[C@H](OC(C)=O)C(C)(C6C7CC76)C5CC[C@]43C)C12. The third-order valence-electron chi connectivity index (χ3n) is 19.6. The van der Waals surface area contributed by atoms with Gasteiger partial charge in [-0.25, -0.2) is 4.98 Å². The van der Waals surface area contributed by atoms with Crippen LogP contribution in [-0.4, -0.2) is 39.4 Å². The lowest BCUT2D eigenvalue weighted by Gasteiger charge is -2.73. The van der Waals surface area contributed by atoms with E-state index in [9.17, 15) is 4.79 Å². The molecule has 1 aromatic heterocycles. The van der Waals surface area contributed by atoms with Gasteiger partial charge in [-0.15, -0.1) is 0 Å². The van der Waals surface area contributed by atoms with Crippen molar-refractivity contribution in [1.82, 2.24) is 14.9 Å². The number of benzene rings is 1. The number of fused-ring (bicyclic) bond motifs is 8. The predicted molar refractivity (Wildman–Crippen MR) is 216 cm³/mol. The van der Waals surface area contributed by atoms with Gasteiger partial charge in [0.15, 0.2) is 0 Å². The Morgan fingerprint density at radius 1 is 0.855 bits per heavy atom. The van der Waals surface area contributed by atoms with E-state index in [1.165, 1.54) is 49.7 Å². The number of nitrogens with zero attached hydrogens (tertiary/aromatic N) is 2. The Hall–Kier alpha value is -2.89. The van der Waals surface area contributed by atoms with Gasteiger partial charge in [0.1, 0.15) is 11.9 Å². The Kier molecular flexibility index (Phi) is 8.00. The summed E-state index contributed by atoms with van der Waals surface area (Å²) < 4.78 is 6.27. The summed E-state index contributed by atoms with van der Waals surface area (Å²) in [5, 5.41) is 0. The number of rotatable bonds is 6. The van der Waals surface area contributed by atoms with Gasteiger partial charge in [0, 0.05) is 18.9 Å². The van der Waals surface area contributed by atoms with Crippen molar-refractivity contribution in [3.05, 3.63) is 54.0 Å². The summed E-state index contributed by atoms with van der Waals surface area (Å²) in [5.41, 5.74) is 5.14. The minimum absolute atomic E-state index is 0.0105. The van der Waals surface area contributed by atoms with Crippen LogP contribution in [0.2, 0.25) is 0 Å². The van der Waals surface area contributed by atoms with Crippen molar-refractivity contribution >= 4 is 11.9 Å². The van der Waals surface area contributed by atoms with Gasteiger partial charge in [-0.3, -0.25) is 9.59 Å². The van der Waals surface area contributed by atoms with Crippen LogP contribution in [0.25, 0.3) is 11.3 Å². The van der Waals surface area contributed by atoms with Crippen LogP contribution in [0.3, 0.4) is 0 Å². The molecule has 2 aromatic rings. The minimum atomic E-state index is -0.319. The summed E-state index contributed by atoms with van der Waals surface area (Å²) >= 11 is 0. The van der Waals surface area contributed by atoms with Crippen molar-refractivity contribution in [2.24, 2.45) is 74.4 Å². The van der Waals surface area contributed by atoms with Crippen LogP contribution in [-0.2, 0) is 14.3 Å². The van der Waals surface area contributed by atoms with E-state index < -0.39 is 0 Å². The van der Waals surface area contributed by atoms with Crippen LogP contribution in [0, 0.1) is 81.3 Å². The van der Waals surface area contributed by atoms with Gasteiger partial charge in [-0.1, -0.05) is 69.7 Å². The largest absolute Gasteiger partial charge is 0.462 e. The number of imidazole rings is 1. The lowest BCUT2D eigenvalue weighted by molar-refractivity contribution is -0.257. The summed E-state index contributed by atoms with van der Waals surface area (Å²) in [5.74, 6) is 6.33. The fraction of sp³-hybridized carbons (Fsp3) is 0.735. The first-order valence-electron chi connectivity index (χ1n) is 22.4. The molecule has 8 fully saturated rings. The molecular formula is C49H67N3O3. The molecule has 10 rings (SSSR count). The van der Waals surface area contributed by atoms with Gasteiger partial charge in [0.05, 0.1) is 23.3 Å². The van der Waals surface area contributed by atoms with Crippen LogP contribution in [0.1, 0.15) is 142 Å². The average molecular weight is 746 g/mol. The Morgan fingerprint density at radius 3 is 2.31 bits per heavy atom. The molecule has 6 nitrogen and oxygen atoms in total. The molecule has 14 atom stereocenters. The number of hydrogen-bond donors (Lipinski definition) is 1. The van der Waals surface area contributed by atoms with E-state index in [1.807, 2.05) is 6.20 Å².